The van der Waals surface area contributed by atoms with Crippen LogP contribution < -0.4 is 19.4 Å². The number of nitrogens with zero attached hydrogens (tertiary/aromatic N) is 3. The Morgan fingerprint density at radius 3 is 2.34 bits per heavy atom. The van der Waals surface area contributed by atoms with Crippen molar-refractivity contribution < 1.29 is 23.9 Å². The first-order chi connectivity index (χ1) is 18.6. The SMILES string of the molecule is CCCCOc1ccc([C@H]2[C@@H]3C(=O)N(c4ccc(C#N)cc4)C(=O)[C@H]3ON2c2ccccc2)cc1OCC. The lowest BCUT2D eigenvalue weighted by Gasteiger charge is -2.29. The van der Waals surface area contributed by atoms with Crippen LogP contribution in [0, 0.1) is 17.2 Å². The van der Waals surface area contributed by atoms with Gasteiger partial charge in [-0.25, -0.2) is 9.96 Å². The van der Waals surface area contributed by atoms with Gasteiger partial charge in [-0.15, -0.1) is 0 Å². The van der Waals surface area contributed by atoms with Crippen molar-refractivity contribution in [3.8, 4) is 17.6 Å². The number of rotatable bonds is 9. The molecule has 0 unspecified atom stereocenters. The van der Waals surface area contributed by atoms with E-state index in [1.807, 2.05) is 55.5 Å². The van der Waals surface area contributed by atoms with Crippen molar-refractivity contribution in [1.29, 1.82) is 5.26 Å². The number of fused-ring (bicyclic) bond motifs is 1. The molecule has 0 aliphatic carbocycles. The van der Waals surface area contributed by atoms with Crippen molar-refractivity contribution in [3.63, 3.8) is 0 Å². The summed E-state index contributed by atoms with van der Waals surface area (Å²) in [5, 5.41) is 10.8. The standard InChI is InChI=1S/C30H29N3O5/c1-3-5-17-37-24-16-13-21(18-25(24)36-4-2)27-26-28(38-33(27)23-9-7-6-8-10-23)30(35)32(29(26)34)22-14-11-20(19-31)12-15-22/h6-16,18,26-28H,3-5,17H2,1-2H3/t26-,27-,28-/m0/s1. The summed E-state index contributed by atoms with van der Waals surface area (Å²) in [5.74, 6) is -0.344. The molecule has 0 radical (unpaired) electrons. The zero-order valence-corrected chi connectivity index (χ0v) is 21.4. The maximum atomic E-state index is 13.8. The van der Waals surface area contributed by atoms with Crippen LogP contribution in [0.5, 0.6) is 11.5 Å². The van der Waals surface area contributed by atoms with E-state index in [9.17, 15) is 9.59 Å². The van der Waals surface area contributed by atoms with Gasteiger partial charge in [0.1, 0.15) is 5.92 Å². The molecular weight excluding hydrogens is 482 g/mol. The molecule has 38 heavy (non-hydrogen) atoms. The minimum Gasteiger partial charge on any atom is -0.490 e. The number of carbonyl (C=O) groups is 2. The van der Waals surface area contributed by atoms with E-state index in [-0.39, 0.29) is 5.91 Å². The topological polar surface area (TPSA) is 92.1 Å². The zero-order valence-electron chi connectivity index (χ0n) is 21.4. The third-order valence-electron chi connectivity index (χ3n) is 6.75. The van der Waals surface area contributed by atoms with Crippen LogP contribution in [0.3, 0.4) is 0 Å². The molecule has 2 heterocycles. The summed E-state index contributed by atoms with van der Waals surface area (Å²) >= 11 is 0. The first kappa shape index (κ1) is 25.3. The lowest BCUT2D eigenvalue weighted by Crippen LogP contribution is -2.37. The minimum absolute atomic E-state index is 0.352. The average molecular weight is 512 g/mol. The van der Waals surface area contributed by atoms with Crippen LogP contribution in [0.1, 0.15) is 43.9 Å². The molecule has 0 aromatic heterocycles. The van der Waals surface area contributed by atoms with Gasteiger partial charge in [0.15, 0.2) is 17.6 Å². The second-order valence-electron chi connectivity index (χ2n) is 9.17. The number of hydroxylamine groups is 1. The molecule has 2 amide bonds. The number of para-hydroxylation sites is 1. The van der Waals surface area contributed by atoms with Crippen molar-refractivity contribution in [2.24, 2.45) is 5.92 Å². The van der Waals surface area contributed by atoms with Gasteiger partial charge >= 0.3 is 0 Å². The lowest BCUT2D eigenvalue weighted by atomic mass is 9.90. The van der Waals surface area contributed by atoms with Gasteiger partial charge in [0, 0.05) is 0 Å². The average Bonchev–Trinajstić information content (AvgIpc) is 3.46. The molecule has 3 aromatic rings. The summed E-state index contributed by atoms with van der Waals surface area (Å²) in [7, 11) is 0. The van der Waals surface area contributed by atoms with E-state index in [0.717, 1.165) is 29.0 Å². The Bertz CT molecular complexity index is 1350. The predicted molar refractivity (Wildman–Crippen MR) is 142 cm³/mol. The fourth-order valence-electron chi connectivity index (χ4n) is 4.91. The van der Waals surface area contributed by atoms with E-state index in [1.165, 1.54) is 0 Å². The Morgan fingerprint density at radius 2 is 1.66 bits per heavy atom. The third-order valence-corrected chi connectivity index (χ3v) is 6.75. The molecule has 194 valence electrons. The number of ether oxygens (including phenoxy) is 2. The normalized spacial score (nSPS) is 20.4. The Hall–Kier alpha value is -4.35. The summed E-state index contributed by atoms with van der Waals surface area (Å²) in [4.78, 5) is 34.8. The summed E-state index contributed by atoms with van der Waals surface area (Å²) in [6, 6.07) is 22.9. The third kappa shape index (κ3) is 4.57. The molecule has 2 aliphatic rings. The first-order valence-corrected chi connectivity index (χ1v) is 12.9. The van der Waals surface area contributed by atoms with Crippen molar-refractivity contribution in [2.45, 2.75) is 38.8 Å². The van der Waals surface area contributed by atoms with Gasteiger partial charge in [-0.2, -0.15) is 5.26 Å². The maximum Gasteiger partial charge on any atom is 0.266 e. The zero-order chi connectivity index (χ0) is 26.6. The van der Waals surface area contributed by atoms with Crippen LogP contribution in [-0.2, 0) is 14.4 Å². The maximum absolute atomic E-state index is 13.8. The van der Waals surface area contributed by atoms with Crippen LogP contribution >= 0.6 is 0 Å². The van der Waals surface area contributed by atoms with Gasteiger partial charge in [-0.3, -0.25) is 14.4 Å². The second kappa shape index (κ2) is 11.0. The molecule has 0 bridgehead atoms. The molecule has 2 fully saturated rings. The Labute approximate surface area is 221 Å². The second-order valence-corrected chi connectivity index (χ2v) is 9.17. The number of nitriles is 1. The molecule has 3 atom stereocenters. The molecule has 3 aromatic carbocycles. The highest BCUT2D eigenvalue weighted by Gasteiger charge is 2.60. The van der Waals surface area contributed by atoms with Crippen LogP contribution in [0.15, 0.2) is 72.8 Å². The number of benzene rings is 3. The van der Waals surface area contributed by atoms with Gasteiger partial charge in [0.25, 0.3) is 5.91 Å². The van der Waals surface area contributed by atoms with E-state index < -0.39 is 24.0 Å². The fraction of sp³-hybridized carbons (Fsp3) is 0.300. The number of amides is 2. The van der Waals surface area contributed by atoms with Crippen LogP contribution in [0.2, 0.25) is 0 Å². The Kier molecular flexibility index (Phi) is 7.29. The van der Waals surface area contributed by atoms with Crippen molar-refractivity contribution in [3.05, 3.63) is 83.9 Å². The van der Waals surface area contributed by atoms with Crippen LogP contribution in [0.4, 0.5) is 11.4 Å². The Balaban J connectivity index is 1.54. The number of hydrogen-bond donors (Lipinski definition) is 0. The van der Waals surface area contributed by atoms with Gasteiger partial charge in [0.2, 0.25) is 5.91 Å². The lowest BCUT2D eigenvalue weighted by molar-refractivity contribution is -0.126. The summed E-state index contributed by atoms with van der Waals surface area (Å²) in [6.07, 6.45) is 0.957. The number of anilines is 2. The number of carbonyl (C=O) groups excluding carboxylic acids is 2. The molecule has 0 N–H and O–H groups in total. The van der Waals surface area contributed by atoms with E-state index in [2.05, 4.69) is 13.0 Å². The highest BCUT2D eigenvalue weighted by molar-refractivity contribution is 6.23. The smallest absolute Gasteiger partial charge is 0.266 e. The fourth-order valence-corrected chi connectivity index (χ4v) is 4.91. The number of imide groups is 1. The monoisotopic (exact) mass is 511 g/mol. The molecule has 8 heteroatoms. The molecule has 2 aliphatic heterocycles. The molecule has 8 nitrogen and oxygen atoms in total. The van der Waals surface area contributed by atoms with E-state index in [1.54, 1.807) is 29.3 Å². The highest BCUT2D eigenvalue weighted by Crippen LogP contribution is 2.48. The van der Waals surface area contributed by atoms with E-state index >= 15 is 0 Å². The predicted octanol–water partition coefficient (Wildman–Crippen LogP) is 5.19. The molecule has 0 spiro atoms. The van der Waals surface area contributed by atoms with Gasteiger partial charge < -0.3 is 9.47 Å². The van der Waals surface area contributed by atoms with Gasteiger partial charge in [-0.05, 0) is 67.4 Å². The molecular formula is C30H29N3O5. The summed E-state index contributed by atoms with van der Waals surface area (Å²) in [6.45, 7) is 5.04. The Morgan fingerprint density at radius 1 is 0.895 bits per heavy atom. The van der Waals surface area contributed by atoms with Gasteiger partial charge in [0.05, 0.1) is 42.3 Å². The van der Waals surface area contributed by atoms with E-state index in [0.29, 0.717) is 36.0 Å². The van der Waals surface area contributed by atoms with Crippen LogP contribution in [0.25, 0.3) is 0 Å². The van der Waals surface area contributed by atoms with Crippen molar-refractivity contribution in [1.82, 2.24) is 0 Å². The minimum atomic E-state index is -0.987. The molecule has 0 saturated carbocycles. The highest BCUT2D eigenvalue weighted by atomic mass is 16.7. The summed E-state index contributed by atoms with van der Waals surface area (Å²) in [5.41, 5.74) is 2.37. The molecule has 5 rings (SSSR count). The number of hydrogen-bond acceptors (Lipinski definition) is 7. The summed E-state index contributed by atoms with van der Waals surface area (Å²) < 4.78 is 11.9. The van der Waals surface area contributed by atoms with Crippen molar-refractivity contribution in [2.75, 3.05) is 23.2 Å². The van der Waals surface area contributed by atoms with Gasteiger partial charge in [-0.1, -0.05) is 37.6 Å². The first-order valence-electron chi connectivity index (χ1n) is 12.9. The van der Waals surface area contributed by atoms with Crippen LogP contribution in [-0.4, -0.2) is 31.1 Å². The quantitative estimate of drug-likeness (QED) is 0.288. The van der Waals surface area contributed by atoms with E-state index in [4.69, 9.17) is 19.6 Å². The number of unbranched alkanes of at least 4 members (excludes halogenated alkanes) is 1. The molecule has 2 saturated heterocycles. The van der Waals surface area contributed by atoms with Crippen molar-refractivity contribution >= 4 is 23.2 Å². The largest absolute Gasteiger partial charge is 0.490 e.